The van der Waals surface area contributed by atoms with Crippen LogP contribution < -0.4 is 0 Å². The summed E-state index contributed by atoms with van der Waals surface area (Å²) in [6, 6.07) is 25.6. The highest BCUT2D eigenvalue weighted by Crippen LogP contribution is 2.44. The molecule has 0 spiro atoms. The second-order valence-corrected chi connectivity index (χ2v) is 10.2. The maximum Gasteiger partial charge on any atom is 0.357 e. The van der Waals surface area contributed by atoms with Crippen molar-refractivity contribution >= 4 is 51.9 Å². The summed E-state index contributed by atoms with van der Waals surface area (Å²) in [6.45, 7) is 1.58. The van der Waals surface area contributed by atoms with Gasteiger partial charge < -0.3 is 4.74 Å². The third kappa shape index (κ3) is 4.61. The molecule has 1 saturated heterocycles. The van der Waals surface area contributed by atoms with E-state index in [9.17, 15) is 9.59 Å². The maximum atomic E-state index is 13.5. The molecule has 3 aromatic carbocycles. The number of benzene rings is 3. The van der Waals surface area contributed by atoms with Gasteiger partial charge in [0, 0.05) is 15.6 Å². The first kappa shape index (κ1) is 23.7. The normalized spacial score (nSPS) is 19.6. The first-order chi connectivity index (χ1) is 16.9. The first-order valence-corrected chi connectivity index (χ1v) is 12.6. The molecule has 0 bridgehead atoms. The Labute approximate surface area is 217 Å². The highest BCUT2D eigenvalue weighted by Gasteiger charge is 2.55. The number of thioether (sulfide) groups is 1. The zero-order valence-electron chi connectivity index (χ0n) is 18.6. The molecule has 2 unspecified atom stereocenters. The van der Waals surface area contributed by atoms with Crippen molar-refractivity contribution in [3.63, 3.8) is 0 Å². The molecule has 1 fully saturated rings. The van der Waals surface area contributed by atoms with Gasteiger partial charge in [0.2, 0.25) is 0 Å². The van der Waals surface area contributed by atoms with E-state index in [1.807, 2.05) is 72.8 Å². The lowest BCUT2D eigenvalue weighted by molar-refractivity contribution is -0.152. The van der Waals surface area contributed by atoms with Gasteiger partial charge in [-0.15, -0.1) is 0 Å². The zero-order valence-corrected chi connectivity index (χ0v) is 20.9. The molecule has 0 saturated carbocycles. The Kier molecular flexibility index (Phi) is 6.69. The first-order valence-electron chi connectivity index (χ1n) is 10.9. The zero-order chi connectivity index (χ0) is 24.5. The van der Waals surface area contributed by atoms with Gasteiger partial charge in [-0.25, -0.2) is 4.79 Å². The fraction of sp³-hybridized carbons (Fsp3) is 0.148. The van der Waals surface area contributed by atoms with Gasteiger partial charge in [0.1, 0.15) is 16.1 Å². The van der Waals surface area contributed by atoms with Gasteiger partial charge >= 0.3 is 5.97 Å². The van der Waals surface area contributed by atoms with Crippen LogP contribution in [-0.2, 0) is 14.3 Å². The Morgan fingerprint density at radius 3 is 2.09 bits per heavy atom. The highest BCUT2D eigenvalue weighted by atomic mass is 35.5. The summed E-state index contributed by atoms with van der Waals surface area (Å²) in [5.41, 5.74) is 2.53. The lowest BCUT2D eigenvalue weighted by Gasteiger charge is -2.41. The number of aliphatic imine (C=N–C) groups is 1. The maximum absolute atomic E-state index is 13.5. The number of likely N-dealkylation sites (tertiary alicyclic amines) is 1. The van der Waals surface area contributed by atoms with Gasteiger partial charge in [-0.05, 0) is 30.2 Å². The van der Waals surface area contributed by atoms with Crippen LogP contribution in [0.15, 0.2) is 101 Å². The van der Waals surface area contributed by atoms with E-state index in [0.29, 0.717) is 5.02 Å². The molecule has 0 radical (unpaired) electrons. The van der Waals surface area contributed by atoms with E-state index in [4.69, 9.17) is 27.9 Å². The highest BCUT2D eigenvalue weighted by molar-refractivity contribution is 8.15. The lowest BCUT2D eigenvalue weighted by Crippen LogP contribution is -2.61. The van der Waals surface area contributed by atoms with Gasteiger partial charge in [-0.3, -0.25) is 14.7 Å². The molecule has 1 amide bonds. The molecular weight excluding hydrogens is 503 g/mol. The number of hydrogen-bond donors (Lipinski definition) is 0. The number of β-lactam (4-membered cyclic amide) rings is 1. The van der Waals surface area contributed by atoms with Gasteiger partial charge in [0.15, 0.2) is 12.1 Å². The number of esters is 1. The summed E-state index contributed by atoms with van der Waals surface area (Å²) < 4.78 is 5.99. The van der Waals surface area contributed by atoms with E-state index in [1.54, 1.807) is 19.1 Å². The van der Waals surface area contributed by atoms with Crippen LogP contribution in [0.5, 0.6) is 0 Å². The van der Waals surface area contributed by atoms with Crippen molar-refractivity contribution in [1.29, 1.82) is 0 Å². The van der Waals surface area contributed by atoms with Gasteiger partial charge in [0.25, 0.3) is 5.91 Å². The molecule has 5 nitrogen and oxygen atoms in total. The van der Waals surface area contributed by atoms with Gasteiger partial charge in [-0.2, -0.15) is 0 Å². The van der Waals surface area contributed by atoms with Crippen LogP contribution >= 0.6 is 35.0 Å². The Morgan fingerprint density at radius 2 is 1.54 bits per heavy atom. The van der Waals surface area contributed by atoms with Crippen LogP contribution in [0.1, 0.15) is 29.7 Å². The number of ether oxygens (including phenoxy) is 1. The summed E-state index contributed by atoms with van der Waals surface area (Å²) in [5, 5.41) is 1.16. The summed E-state index contributed by atoms with van der Waals surface area (Å²) >= 11 is 13.8. The number of amides is 1. The van der Waals surface area contributed by atoms with Crippen molar-refractivity contribution in [2.24, 2.45) is 4.99 Å². The Balaban J connectivity index is 1.39. The Hall–Kier alpha value is -3.06. The van der Waals surface area contributed by atoms with Crippen LogP contribution in [0.25, 0.3) is 0 Å². The molecule has 2 heterocycles. The molecule has 0 aromatic heterocycles. The van der Waals surface area contributed by atoms with Crippen molar-refractivity contribution in [1.82, 2.24) is 4.90 Å². The number of hydrogen-bond acceptors (Lipinski definition) is 5. The number of allylic oxidation sites excluding steroid dienone is 1. The third-order valence-electron chi connectivity index (χ3n) is 5.79. The molecule has 2 aliphatic rings. The predicted molar refractivity (Wildman–Crippen MR) is 139 cm³/mol. The van der Waals surface area contributed by atoms with E-state index in [-0.39, 0.29) is 22.0 Å². The van der Waals surface area contributed by atoms with Crippen LogP contribution in [-0.4, -0.2) is 33.2 Å². The van der Waals surface area contributed by atoms with Crippen molar-refractivity contribution < 1.29 is 14.3 Å². The minimum absolute atomic E-state index is 0.0369. The van der Waals surface area contributed by atoms with E-state index in [2.05, 4.69) is 4.99 Å². The second-order valence-electron chi connectivity index (χ2n) is 8.09. The molecule has 2 atom stereocenters. The average molecular weight is 523 g/mol. The molecule has 35 heavy (non-hydrogen) atoms. The van der Waals surface area contributed by atoms with Crippen molar-refractivity contribution in [3.8, 4) is 0 Å². The Morgan fingerprint density at radius 1 is 0.971 bits per heavy atom. The molecule has 0 N–H and O–H groups in total. The quantitative estimate of drug-likeness (QED) is 0.220. The fourth-order valence-electron chi connectivity index (χ4n) is 4.08. The predicted octanol–water partition coefficient (Wildman–Crippen LogP) is 6.17. The largest absolute Gasteiger partial charge is 0.448 e. The van der Waals surface area contributed by atoms with Crippen molar-refractivity contribution in [2.45, 2.75) is 24.4 Å². The second kappa shape index (κ2) is 9.90. The van der Waals surface area contributed by atoms with Crippen molar-refractivity contribution in [3.05, 3.63) is 117 Å². The summed E-state index contributed by atoms with van der Waals surface area (Å²) in [7, 11) is 0. The topological polar surface area (TPSA) is 59.0 Å². The van der Waals surface area contributed by atoms with Crippen LogP contribution in [0, 0.1) is 0 Å². The number of halogens is 2. The van der Waals surface area contributed by atoms with Crippen LogP contribution in [0.3, 0.4) is 0 Å². The fourth-order valence-corrected chi connectivity index (χ4v) is 5.67. The number of carbonyl (C=O) groups is 2. The molecular formula is C27H20Cl2N2O3S. The van der Waals surface area contributed by atoms with E-state index in [0.717, 1.165) is 21.7 Å². The van der Waals surface area contributed by atoms with E-state index in [1.165, 1.54) is 16.7 Å². The SMILES string of the molecule is CC(Cl)=C(C(=O)OC(c1ccccc1)c1ccccc1)N1C(=O)C2N=C(c3ccc(Cl)cc3)SC21. The standard InChI is InChI=1S/C27H20Cl2N2O3S/c1-16(28)22(27(33)34-23(17-8-4-2-5-9-17)18-10-6-3-7-11-18)31-25(32)21-26(31)35-24(30-21)19-12-14-20(29)15-13-19/h2-15,21,23,26H,1H3. The number of fused-ring (bicyclic) bond motifs is 1. The van der Waals surface area contributed by atoms with Gasteiger partial charge in [-0.1, -0.05) is 108 Å². The van der Waals surface area contributed by atoms with E-state index >= 15 is 0 Å². The van der Waals surface area contributed by atoms with Crippen LogP contribution in [0.2, 0.25) is 5.02 Å². The number of rotatable bonds is 6. The number of carbonyl (C=O) groups excluding carboxylic acids is 2. The van der Waals surface area contributed by atoms with Gasteiger partial charge in [0.05, 0.1) is 0 Å². The molecule has 8 heteroatoms. The smallest absolute Gasteiger partial charge is 0.357 e. The summed E-state index contributed by atoms with van der Waals surface area (Å²) in [5.74, 6) is -0.947. The minimum Gasteiger partial charge on any atom is -0.448 e. The summed E-state index contributed by atoms with van der Waals surface area (Å²) in [6.07, 6.45) is -0.653. The average Bonchev–Trinajstić information content (AvgIpc) is 3.27. The van der Waals surface area contributed by atoms with E-state index < -0.39 is 18.1 Å². The lowest BCUT2D eigenvalue weighted by atomic mass is 10.0. The molecule has 3 aromatic rings. The number of nitrogens with zero attached hydrogens (tertiary/aromatic N) is 2. The Bertz CT molecular complexity index is 1280. The molecule has 176 valence electrons. The monoisotopic (exact) mass is 522 g/mol. The minimum atomic E-state index is -0.664. The van der Waals surface area contributed by atoms with Crippen LogP contribution in [0.4, 0.5) is 0 Å². The third-order valence-corrected chi connectivity index (χ3v) is 7.49. The summed E-state index contributed by atoms with van der Waals surface area (Å²) in [4.78, 5) is 32.5. The van der Waals surface area contributed by atoms with Crippen molar-refractivity contribution in [2.75, 3.05) is 0 Å². The molecule has 0 aliphatic carbocycles. The molecule has 5 rings (SSSR count). The molecule has 2 aliphatic heterocycles.